The number of nitrogens with two attached hydrogens (primary N) is 1. The van der Waals surface area contributed by atoms with E-state index in [1.807, 2.05) is 18.2 Å². The number of nitrogen functional groups attached to an aromatic ring is 1. The lowest BCUT2D eigenvalue weighted by atomic mass is 10.00. The lowest BCUT2D eigenvalue weighted by molar-refractivity contribution is 0.102. The minimum atomic E-state index is -0.195. The summed E-state index contributed by atoms with van der Waals surface area (Å²) in [5.74, 6) is 0.713. The maximum Gasteiger partial charge on any atom is 0.259 e. The number of anilines is 2. The second kappa shape index (κ2) is 6.31. The van der Waals surface area contributed by atoms with Gasteiger partial charge in [0.1, 0.15) is 5.75 Å². The molecule has 0 radical (unpaired) electrons. The van der Waals surface area contributed by atoms with Crippen LogP contribution in [0.3, 0.4) is 0 Å². The molecule has 0 saturated heterocycles. The molecule has 4 heteroatoms. The van der Waals surface area contributed by atoms with Crippen LogP contribution in [0.2, 0.25) is 0 Å². The fourth-order valence-corrected chi connectivity index (χ4v) is 2.03. The molecule has 0 atom stereocenters. The topological polar surface area (TPSA) is 64.3 Å². The van der Waals surface area contributed by atoms with Crippen molar-refractivity contribution in [3.05, 3.63) is 53.6 Å². The van der Waals surface area contributed by atoms with Crippen LogP contribution in [0.15, 0.2) is 42.5 Å². The SMILES string of the molecule is COc1ccc(C(C)C)cc1C(=O)Nc1ccc(N)cc1. The van der Waals surface area contributed by atoms with Gasteiger partial charge in [0.05, 0.1) is 12.7 Å². The minimum absolute atomic E-state index is 0.195. The highest BCUT2D eigenvalue weighted by Crippen LogP contribution is 2.25. The minimum Gasteiger partial charge on any atom is -0.496 e. The molecule has 2 aromatic rings. The third-order valence-electron chi connectivity index (χ3n) is 3.30. The first kappa shape index (κ1) is 14.9. The van der Waals surface area contributed by atoms with E-state index < -0.39 is 0 Å². The number of nitrogens with one attached hydrogen (secondary N) is 1. The number of hydrogen-bond acceptors (Lipinski definition) is 3. The maximum atomic E-state index is 12.4. The molecule has 0 unspecified atom stereocenters. The monoisotopic (exact) mass is 284 g/mol. The molecule has 0 saturated carbocycles. The molecular weight excluding hydrogens is 264 g/mol. The van der Waals surface area contributed by atoms with Crippen LogP contribution in [0, 0.1) is 0 Å². The van der Waals surface area contributed by atoms with Crippen molar-refractivity contribution in [3.8, 4) is 5.75 Å². The molecule has 2 aromatic carbocycles. The Kier molecular flexibility index (Phi) is 4.48. The average Bonchev–Trinajstić information content (AvgIpc) is 2.48. The maximum absolute atomic E-state index is 12.4. The number of rotatable bonds is 4. The van der Waals surface area contributed by atoms with E-state index in [9.17, 15) is 4.79 Å². The molecule has 2 rings (SSSR count). The predicted molar refractivity (Wildman–Crippen MR) is 85.9 cm³/mol. The third-order valence-corrected chi connectivity index (χ3v) is 3.30. The summed E-state index contributed by atoms with van der Waals surface area (Å²) in [7, 11) is 1.56. The summed E-state index contributed by atoms with van der Waals surface area (Å²) in [5.41, 5.74) is 8.62. The highest BCUT2D eigenvalue weighted by atomic mass is 16.5. The van der Waals surface area contributed by atoms with Crippen LogP contribution in [0.4, 0.5) is 11.4 Å². The number of carbonyl (C=O) groups is 1. The normalized spacial score (nSPS) is 10.5. The van der Waals surface area contributed by atoms with Gasteiger partial charge in [0.2, 0.25) is 0 Å². The zero-order chi connectivity index (χ0) is 15.4. The summed E-state index contributed by atoms with van der Waals surface area (Å²) in [6.45, 7) is 4.17. The van der Waals surface area contributed by atoms with Crippen LogP contribution in [0.1, 0.15) is 35.7 Å². The first-order chi connectivity index (χ1) is 10.0. The Bertz CT molecular complexity index is 634. The average molecular weight is 284 g/mol. The molecule has 0 spiro atoms. The predicted octanol–water partition coefficient (Wildman–Crippen LogP) is 3.65. The number of methoxy groups -OCH3 is 1. The first-order valence-corrected chi connectivity index (χ1v) is 6.86. The second-order valence-electron chi connectivity index (χ2n) is 5.19. The molecule has 1 amide bonds. The van der Waals surface area contributed by atoms with Gasteiger partial charge in [0.15, 0.2) is 0 Å². The van der Waals surface area contributed by atoms with Gasteiger partial charge >= 0.3 is 0 Å². The van der Waals surface area contributed by atoms with E-state index in [4.69, 9.17) is 10.5 Å². The quantitative estimate of drug-likeness (QED) is 0.842. The van der Waals surface area contributed by atoms with E-state index in [-0.39, 0.29) is 5.91 Å². The third kappa shape index (κ3) is 3.54. The van der Waals surface area contributed by atoms with E-state index in [2.05, 4.69) is 19.2 Å². The Hall–Kier alpha value is -2.49. The second-order valence-corrected chi connectivity index (χ2v) is 5.19. The van der Waals surface area contributed by atoms with E-state index in [0.717, 1.165) is 5.56 Å². The van der Waals surface area contributed by atoms with Crippen molar-refractivity contribution < 1.29 is 9.53 Å². The molecule has 0 fully saturated rings. The molecule has 0 aliphatic carbocycles. The van der Waals surface area contributed by atoms with Crippen LogP contribution >= 0.6 is 0 Å². The van der Waals surface area contributed by atoms with Gasteiger partial charge in [-0.05, 0) is 47.9 Å². The Morgan fingerprint density at radius 1 is 1.14 bits per heavy atom. The first-order valence-electron chi connectivity index (χ1n) is 6.86. The molecule has 0 aliphatic heterocycles. The van der Waals surface area contributed by atoms with E-state index in [0.29, 0.717) is 28.6 Å². The number of hydrogen-bond donors (Lipinski definition) is 2. The molecule has 4 nitrogen and oxygen atoms in total. The molecule has 0 heterocycles. The van der Waals surface area contributed by atoms with Gasteiger partial charge in [-0.1, -0.05) is 19.9 Å². The van der Waals surface area contributed by atoms with Gasteiger partial charge in [-0.25, -0.2) is 0 Å². The van der Waals surface area contributed by atoms with Crippen LogP contribution in [0.25, 0.3) is 0 Å². The lowest BCUT2D eigenvalue weighted by Gasteiger charge is -2.13. The Balaban J connectivity index is 2.28. The summed E-state index contributed by atoms with van der Waals surface area (Å²) in [4.78, 5) is 12.4. The summed E-state index contributed by atoms with van der Waals surface area (Å²) in [5, 5.41) is 2.85. The van der Waals surface area contributed by atoms with E-state index >= 15 is 0 Å². The van der Waals surface area contributed by atoms with E-state index in [1.165, 1.54) is 0 Å². The molecule has 0 aliphatic rings. The standard InChI is InChI=1S/C17H20N2O2/c1-11(2)12-4-9-16(21-3)15(10-12)17(20)19-14-7-5-13(18)6-8-14/h4-11H,18H2,1-3H3,(H,19,20). The summed E-state index contributed by atoms with van der Waals surface area (Å²) >= 11 is 0. The van der Waals surface area contributed by atoms with Gasteiger partial charge in [-0.15, -0.1) is 0 Å². The number of ether oxygens (including phenoxy) is 1. The Morgan fingerprint density at radius 2 is 1.81 bits per heavy atom. The van der Waals surface area contributed by atoms with Gasteiger partial charge in [0, 0.05) is 11.4 Å². The molecule has 0 aromatic heterocycles. The van der Waals surface area contributed by atoms with Crippen molar-refractivity contribution in [1.29, 1.82) is 0 Å². The van der Waals surface area contributed by atoms with Crippen LogP contribution in [-0.2, 0) is 0 Å². The van der Waals surface area contributed by atoms with Crippen LogP contribution < -0.4 is 15.8 Å². The molecule has 0 bridgehead atoms. The van der Waals surface area contributed by atoms with Crippen molar-refractivity contribution in [2.24, 2.45) is 0 Å². The number of benzene rings is 2. The highest BCUT2D eigenvalue weighted by molar-refractivity contribution is 6.06. The number of carbonyl (C=O) groups excluding carboxylic acids is 1. The summed E-state index contributed by atoms with van der Waals surface area (Å²) in [6.07, 6.45) is 0. The van der Waals surface area contributed by atoms with Gasteiger partial charge < -0.3 is 15.8 Å². The van der Waals surface area contributed by atoms with Gasteiger partial charge in [-0.2, -0.15) is 0 Å². The van der Waals surface area contributed by atoms with Crippen molar-refractivity contribution in [2.75, 3.05) is 18.2 Å². The smallest absolute Gasteiger partial charge is 0.259 e. The fourth-order valence-electron chi connectivity index (χ4n) is 2.03. The van der Waals surface area contributed by atoms with Crippen LogP contribution in [0.5, 0.6) is 5.75 Å². The zero-order valence-electron chi connectivity index (χ0n) is 12.5. The fraction of sp³-hybridized carbons (Fsp3) is 0.235. The van der Waals surface area contributed by atoms with Gasteiger partial charge in [0.25, 0.3) is 5.91 Å². The highest BCUT2D eigenvalue weighted by Gasteiger charge is 2.14. The van der Waals surface area contributed by atoms with Crippen LogP contribution in [-0.4, -0.2) is 13.0 Å². The van der Waals surface area contributed by atoms with Gasteiger partial charge in [-0.3, -0.25) is 4.79 Å². The molecule has 21 heavy (non-hydrogen) atoms. The molecule has 110 valence electrons. The largest absolute Gasteiger partial charge is 0.496 e. The van der Waals surface area contributed by atoms with E-state index in [1.54, 1.807) is 31.4 Å². The molecular formula is C17H20N2O2. The summed E-state index contributed by atoms with van der Waals surface area (Å²) in [6, 6.07) is 12.7. The molecule has 3 N–H and O–H groups in total. The van der Waals surface area contributed by atoms with Crippen molar-refractivity contribution in [1.82, 2.24) is 0 Å². The summed E-state index contributed by atoms with van der Waals surface area (Å²) < 4.78 is 5.28. The Morgan fingerprint density at radius 3 is 2.38 bits per heavy atom. The van der Waals surface area contributed by atoms with Crippen molar-refractivity contribution in [3.63, 3.8) is 0 Å². The number of amides is 1. The Labute approximate surface area is 124 Å². The van der Waals surface area contributed by atoms with Crippen molar-refractivity contribution >= 4 is 17.3 Å². The zero-order valence-corrected chi connectivity index (χ0v) is 12.5. The van der Waals surface area contributed by atoms with Crippen molar-refractivity contribution in [2.45, 2.75) is 19.8 Å². The lowest BCUT2D eigenvalue weighted by Crippen LogP contribution is -2.13.